The van der Waals surface area contributed by atoms with E-state index >= 15 is 0 Å². The third kappa shape index (κ3) is 5.34. The maximum atomic E-state index is 6.44. The van der Waals surface area contributed by atoms with Crippen molar-refractivity contribution in [2.45, 2.75) is 12.0 Å². The van der Waals surface area contributed by atoms with Crippen LogP contribution in [-0.2, 0) is 0 Å². The Hall–Kier alpha value is -8.02. The van der Waals surface area contributed by atoms with Gasteiger partial charge in [0, 0.05) is 55.8 Å². The molecule has 2 aliphatic rings. The van der Waals surface area contributed by atoms with Crippen LogP contribution in [0.2, 0.25) is 0 Å². The number of para-hydroxylation sites is 2. The Morgan fingerprint density at radius 2 is 1.25 bits per heavy atom. The molecule has 0 spiro atoms. The zero-order valence-corrected chi connectivity index (χ0v) is 32.9. The largest absolute Gasteiger partial charge is 0.485 e. The van der Waals surface area contributed by atoms with E-state index in [0.29, 0.717) is 5.82 Å². The summed E-state index contributed by atoms with van der Waals surface area (Å²) in [7, 11) is 0. The number of fused-ring (bicyclic) bond motifs is 11. The van der Waals surface area contributed by atoms with Crippen LogP contribution in [0.15, 0.2) is 205 Å². The van der Waals surface area contributed by atoms with Gasteiger partial charge in [0.1, 0.15) is 28.8 Å². The molecule has 2 unspecified atom stereocenters. The summed E-state index contributed by atoms with van der Waals surface area (Å²) in [5.41, 5.74) is 12.3. The minimum Gasteiger partial charge on any atom is -0.485 e. The van der Waals surface area contributed by atoms with Gasteiger partial charge >= 0.3 is 0 Å². The van der Waals surface area contributed by atoms with E-state index in [1.165, 1.54) is 21.7 Å². The second kappa shape index (κ2) is 13.2. The molecule has 4 heterocycles. The van der Waals surface area contributed by atoms with Crippen molar-refractivity contribution >= 4 is 54.5 Å². The molecule has 1 aliphatic heterocycles. The summed E-state index contributed by atoms with van der Waals surface area (Å²) >= 11 is 0. The lowest BCUT2D eigenvalue weighted by atomic mass is 9.90. The lowest BCUT2D eigenvalue weighted by molar-refractivity contribution is 0.269. The van der Waals surface area contributed by atoms with Crippen LogP contribution in [0.25, 0.3) is 105 Å². The molecule has 61 heavy (non-hydrogen) atoms. The van der Waals surface area contributed by atoms with Crippen LogP contribution in [0.5, 0.6) is 5.75 Å². The molecule has 0 amide bonds. The number of hydrogen-bond donors (Lipinski definition) is 0. The van der Waals surface area contributed by atoms with Gasteiger partial charge in [-0.15, -0.1) is 0 Å². The first-order chi connectivity index (χ1) is 30.2. The van der Waals surface area contributed by atoms with Gasteiger partial charge in [0.25, 0.3) is 0 Å². The average Bonchev–Trinajstić information content (AvgIpc) is 4.01. The van der Waals surface area contributed by atoms with E-state index in [-0.39, 0.29) is 12.0 Å². The topological polar surface area (TPSA) is 53.1 Å². The molecule has 0 N–H and O–H groups in total. The van der Waals surface area contributed by atoms with Crippen LogP contribution in [0.4, 0.5) is 0 Å². The molecule has 5 nitrogen and oxygen atoms in total. The smallest absolute Gasteiger partial charge is 0.162 e. The molecule has 286 valence electrons. The van der Waals surface area contributed by atoms with Crippen LogP contribution in [0.3, 0.4) is 0 Å². The van der Waals surface area contributed by atoms with Crippen molar-refractivity contribution in [3.63, 3.8) is 0 Å². The molecule has 8 aromatic carbocycles. The van der Waals surface area contributed by atoms with E-state index in [4.69, 9.17) is 19.1 Å². The van der Waals surface area contributed by atoms with Crippen molar-refractivity contribution in [1.29, 1.82) is 0 Å². The predicted molar refractivity (Wildman–Crippen MR) is 248 cm³/mol. The molecule has 1 aliphatic carbocycles. The average molecular weight is 782 g/mol. The quantitative estimate of drug-likeness (QED) is 0.174. The maximum absolute atomic E-state index is 6.44. The van der Waals surface area contributed by atoms with Gasteiger partial charge < -0.3 is 9.15 Å². The van der Waals surface area contributed by atoms with Crippen LogP contribution >= 0.6 is 0 Å². The van der Waals surface area contributed by atoms with Crippen molar-refractivity contribution < 1.29 is 9.15 Å². The van der Waals surface area contributed by atoms with E-state index < -0.39 is 0 Å². The fourth-order valence-electron chi connectivity index (χ4n) is 9.69. The van der Waals surface area contributed by atoms with Gasteiger partial charge in [0.2, 0.25) is 0 Å². The maximum Gasteiger partial charge on any atom is 0.162 e. The van der Waals surface area contributed by atoms with Gasteiger partial charge in [-0.05, 0) is 69.9 Å². The first kappa shape index (κ1) is 33.9. The molecule has 0 fully saturated rings. The fraction of sp³-hybridized carbons (Fsp3) is 0.0357. The number of hydrogen-bond acceptors (Lipinski definition) is 4. The third-order valence-electron chi connectivity index (χ3n) is 12.6. The van der Waals surface area contributed by atoms with Gasteiger partial charge in [0.05, 0.1) is 16.7 Å². The summed E-state index contributed by atoms with van der Waals surface area (Å²) in [6.07, 6.45) is 8.63. The fourth-order valence-corrected chi connectivity index (χ4v) is 9.69. The highest BCUT2D eigenvalue weighted by atomic mass is 16.5. The predicted octanol–water partition coefficient (Wildman–Crippen LogP) is 14.3. The van der Waals surface area contributed by atoms with E-state index in [9.17, 15) is 0 Å². The Balaban J connectivity index is 1.05. The highest BCUT2D eigenvalue weighted by Gasteiger charge is 2.32. The van der Waals surface area contributed by atoms with E-state index in [1.807, 2.05) is 30.3 Å². The van der Waals surface area contributed by atoms with Gasteiger partial charge in [-0.2, -0.15) is 0 Å². The summed E-state index contributed by atoms with van der Waals surface area (Å²) in [5.74, 6) is 2.65. The van der Waals surface area contributed by atoms with Gasteiger partial charge in [-0.25, -0.2) is 9.97 Å². The zero-order valence-electron chi connectivity index (χ0n) is 32.9. The van der Waals surface area contributed by atoms with Crippen molar-refractivity contribution in [3.05, 3.63) is 206 Å². The molecule has 3 aromatic heterocycles. The molecule has 11 aromatic rings. The highest BCUT2D eigenvalue weighted by molar-refractivity contribution is 6.23. The Morgan fingerprint density at radius 3 is 2.20 bits per heavy atom. The minimum atomic E-state index is 0.0510. The number of nitrogens with zero attached hydrogens (tertiary/aromatic N) is 3. The van der Waals surface area contributed by atoms with E-state index in [1.54, 1.807) is 0 Å². The minimum absolute atomic E-state index is 0.0510. The van der Waals surface area contributed by atoms with Gasteiger partial charge in [-0.3, -0.25) is 4.57 Å². The number of furan rings is 1. The molecular weight excluding hydrogens is 747 g/mol. The summed E-state index contributed by atoms with van der Waals surface area (Å²) in [6, 6.07) is 62.3. The highest BCUT2D eigenvalue weighted by Crippen LogP contribution is 2.45. The molecule has 0 radical (unpaired) electrons. The van der Waals surface area contributed by atoms with Crippen LogP contribution in [-0.4, -0.2) is 20.6 Å². The Morgan fingerprint density at radius 1 is 0.492 bits per heavy atom. The summed E-state index contributed by atoms with van der Waals surface area (Å²) in [4.78, 5) is 10.7. The molecule has 0 bridgehead atoms. The number of benzene rings is 8. The normalized spacial score (nSPS) is 15.5. The van der Waals surface area contributed by atoms with Gasteiger partial charge in [0.15, 0.2) is 5.82 Å². The van der Waals surface area contributed by atoms with Crippen LogP contribution in [0.1, 0.15) is 11.5 Å². The first-order valence-electron chi connectivity index (χ1n) is 20.8. The molecule has 5 heteroatoms. The second-order valence-corrected chi connectivity index (χ2v) is 16.0. The molecular formula is C56H35N3O2. The molecule has 2 atom stereocenters. The summed E-state index contributed by atoms with van der Waals surface area (Å²) < 4.78 is 15.2. The number of aromatic nitrogens is 3. The molecule has 13 rings (SSSR count). The Bertz CT molecular complexity index is 3650. The first-order valence-corrected chi connectivity index (χ1v) is 20.8. The lowest BCUT2D eigenvalue weighted by Crippen LogP contribution is -2.15. The van der Waals surface area contributed by atoms with Crippen LogP contribution in [0, 0.1) is 0 Å². The summed E-state index contributed by atoms with van der Waals surface area (Å²) in [5, 5.41) is 6.93. The van der Waals surface area contributed by atoms with Crippen LogP contribution < -0.4 is 4.74 Å². The summed E-state index contributed by atoms with van der Waals surface area (Å²) in [6.45, 7) is 0. The van der Waals surface area contributed by atoms with Gasteiger partial charge in [-0.1, -0.05) is 152 Å². The number of rotatable bonds is 5. The molecule has 0 saturated carbocycles. The third-order valence-corrected chi connectivity index (χ3v) is 12.6. The SMILES string of the molecule is C1=CC2Oc3cc(-c4cccc(-c5cccc6c7c8ccccc8ccc7n(-c7cc(-c8ccc9c(c8)oc8ccccc89)nc(-c8ccccc8)n7)c56)c4)ccc3C2C=C1. The second-order valence-electron chi connectivity index (χ2n) is 16.0. The van der Waals surface area contributed by atoms with Crippen molar-refractivity contribution in [3.8, 4) is 56.5 Å². The van der Waals surface area contributed by atoms with Crippen molar-refractivity contribution in [2.24, 2.45) is 0 Å². The zero-order chi connectivity index (χ0) is 40.0. The lowest BCUT2D eigenvalue weighted by Gasteiger charge is -2.14. The monoisotopic (exact) mass is 781 g/mol. The van der Waals surface area contributed by atoms with E-state index in [2.05, 4.69) is 174 Å². The Kier molecular flexibility index (Phi) is 7.36. The molecule has 0 saturated heterocycles. The number of ether oxygens (including phenoxy) is 1. The Labute approximate surface area is 351 Å². The van der Waals surface area contributed by atoms with E-state index in [0.717, 1.165) is 89.0 Å². The number of allylic oxidation sites excluding steroid dienone is 2. The van der Waals surface area contributed by atoms with Crippen molar-refractivity contribution in [2.75, 3.05) is 0 Å². The van der Waals surface area contributed by atoms with Crippen molar-refractivity contribution in [1.82, 2.24) is 14.5 Å². The standard InChI is InChI=1S/C56H35N3O2/c1-2-13-35(14-3-1)56-57-47(39-25-28-45-43-19-7-9-23-50(43)61-52(45)32-39)33-53(58-56)59-48-29-26-34-12-4-5-17-40(34)54(48)46-21-11-20-41(55(46)59)38-16-10-15-36(30-38)37-24-27-44-42-18-6-8-22-49(42)60-51(44)31-37/h1-33,42,49H.